The van der Waals surface area contributed by atoms with E-state index in [9.17, 15) is 4.79 Å². The van der Waals surface area contributed by atoms with Crippen molar-refractivity contribution in [1.82, 2.24) is 4.90 Å². The molecular formula is C15H17NO3. The topological polar surface area (TPSA) is 42.7 Å². The van der Waals surface area contributed by atoms with Crippen LogP contribution in [0.25, 0.3) is 0 Å². The maximum Gasteiger partial charge on any atom is 0.256 e. The number of benzene rings is 1. The zero-order valence-corrected chi connectivity index (χ0v) is 11.1. The molecule has 100 valence electrons. The Bertz CT molecular complexity index is 517. The molecule has 0 radical (unpaired) electrons. The fraction of sp³-hybridized carbons (Fsp3) is 0.267. The normalized spacial score (nSPS) is 10.2. The zero-order valence-electron chi connectivity index (χ0n) is 11.1. The second-order valence-corrected chi connectivity index (χ2v) is 4.40. The van der Waals surface area contributed by atoms with Crippen LogP contribution in [-0.2, 0) is 0 Å². The molecule has 0 saturated carbocycles. The molecule has 0 saturated heterocycles. The Morgan fingerprint density at radius 1 is 1.26 bits per heavy atom. The van der Waals surface area contributed by atoms with Gasteiger partial charge in [0.2, 0.25) is 0 Å². The van der Waals surface area contributed by atoms with Gasteiger partial charge in [0.25, 0.3) is 5.91 Å². The van der Waals surface area contributed by atoms with Crippen LogP contribution in [0.3, 0.4) is 0 Å². The fourth-order valence-corrected chi connectivity index (χ4v) is 1.64. The highest BCUT2D eigenvalue weighted by Crippen LogP contribution is 2.11. The van der Waals surface area contributed by atoms with Crippen molar-refractivity contribution in [2.45, 2.75) is 6.92 Å². The minimum Gasteiger partial charge on any atom is -0.492 e. The number of rotatable bonds is 5. The minimum atomic E-state index is -0.0683. The lowest BCUT2D eigenvalue weighted by Crippen LogP contribution is -2.30. The summed E-state index contributed by atoms with van der Waals surface area (Å²) >= 11 is 0. The highest BCUT2D eigenvalue weighted by molar-refractivity contribution is 5.93. The lowest BCUT2D eigenvalue weighted by molar-refractivity contribution is 0.0773. The number of carbonyl (C=O) groups excluding carboxylic acids is 1. The minimum absolute atomic E-state index is 0.0683. The molecule has 1 heterocycles. The number of aryl methyl sites for hydroxylation is 1. The van der Waals surface area contributed by atoms with E-state index in [4.69, 9.17) is 9.15 Å². The van der Waals surface area contributed by atoms with Crippen LogP contribution in [0.1, 0.15) is 15.9 Å². The summed E-state index contributed by atoms with van der Waals surface area (Å²) in [5, 5.41) is 0. The van der Waals surface area contributed by atoms with E-state index in [0.717, 1.165) is 5.75 Å². The Labute approximate surface area is 112 Å². The zero-order chi connectivity index (χ0) is 13.7. The SMILES string of the molecule is Cc1ccc(OCCN(C)C(=O)c2ccoc2)cc1. The molecule has 4 nitrogen and oxygen atoms in total. The van der Waals surface area contributed by atoms with Gasteiger partial charge in [-0.1, -0.05) is 17.7 Å². The lowest BCUT2D eigenvalue weighted by Gasteiger charge is -2.16. The molecule has 0 aliphatic carbocycles. The van der Waals surface area contributed by atoms with Gasteiger partial charge in [0, 0.05) is 7.05 Å². The third kappa shape index (κ3) is 3.61. The molecule has 0 N–H and O–H groups in total. The molecule has 0 bridgehead atoms. The molecule has 0 atom stereocenters. The van der Waals surface area contributed by atoms with Crippen molar-refractivity contribution >= 4 is 5.91 Å². The van der Waals surface area contributed by atoms with Crippen LogP contribution in [0.5, 0.6) is 5.75 Å². The van der Waals surface area contributed by atoms with Gasteiger partial charge >= 0.3 is 0 Å². The summed E-state index contributed by atoms with van der Waals surface area (Å²) in [6, 6.07) is 9.49. The molecule has 0 fully saturated rings. The summed E-state index contributed by atoms with van der Waals surface area (Å²) < 4.78 is 10.5. The molecule has 0 aliphatic heterocycles. The van der Waals surface area contributed by atoms with E-state index in [0.29, 0.717) is 18.7 Å². The van der Waals surface area contributed by atoms with Gasteiger partial charge < -0.3 is 14.1 Å². The van der Waals surface area contributed by atoms with Crippen LogP contribution < -0.4 is 4.74 Å². The van der Waals surface area contributed by atoms with Crippen LogP contribution in [-0.4, -0.2) is 31.0 Å². The van der Waals surface area contributed by atoms with Crippen molar-refractivity contribution in [3.8, 4) is 5.75 Å². The van der Waals surface area contributed by atoms with Gasteiger partial charge in [-0.05, 0) is 25.1 Å². The van der Waals surface area contributed by atoms with E-state index in [1.807, 2.05) is 31.2 Å². The molecule has 19 heavy (non-hydrogen) atoms. The first-order valence-corrected chi connectivity index (χ1v) is 6.14. The molecule has 1 amide bonds. The van der Waals surface area contributed by atoms with Crippen LogP contribution in [0, 0.1) is 6.92 Å². The summed E-state index contributed by atoms with van der Waals surface area (Å²) in [6.45, 7) is 3.02. The van der Waals surface area contributed by atoms with E-state index in [1.54, 1.807) is 18.0 Å². The van der Waals surface area contributed by atoms with Gasteiger partial charge in [0.15, 0.2) is 0 Å². The van der Waals surface area contributed by atoms with E-state index < -0.39 is 0 Å². The van der Waals surface area contributed by atoms with Crippen LogP contribution in [0.2, 0.25) is 0 Å². The molecule has 2 aromatic rings. The molecular weight excluding hydrogens is 242 g/mol. The highest BCUT2D eigenvalue weighted by Gasteiger charge is 2.12. The Kier molecular flexibility index (Phi) is 4.23. The number of likely N-dealkylation sites (N-methyl/N-ethyl adjacent to an activating group) is 1. The summed E-state index contributed by atoms with van der Waals surface area (Å²) in [5.41, 5.74) is 1.75. The van der Waals surface area contributed by atoms with Crippen LogP contribution >= 0.6 is 0 Å². The number of carbonyl (C=O) groups is 1. The average Bonchev–Trinajstić information content (AvgIpc) is 2.94. The molecule has 1 aromatic heterocycles. The molecule has 0 aliphatic rings. The van der Waals surface area contributed by atoms with Crippen molar-refractivity contribution < 1.29 is 13.9 Å². The van der Waals surface area contributed by atoms with Gasteiger partial charge in [-0.3, -0.25) is 4.79 Å². The Morgan fingerprint density at radius 3 is 2.63 bits per heavy atom. The summed E-state index contributed by atoms with van der Waals surface area (Å²) in [6.07, 6.45) is 2.93. The number of hydrogen-bond acceptors (Lipinski definition) is 3. The average molecular weight is 259 g/mol. The second kappa shape index (κ2) is 6.09. The maximum absolute atomic E-state index is 11.9. The van der Waals surface area contributed by atoms with Gasteiger partial charge in [0.05, 0.1) is 18.4 Å². The monoisotopic (exact) mass is 259 g/mol. The Balaban J connectivity index is 1.79. The lowest BCUT2D eigenvalue weighted by atomic mass is 10.2. The molecule has 0 spiro atoms. The Hall–Kier alpha value is -2.23. The highest BCUT2D eigenvalue weighted by atomic mass is 16.5. The fourth-order valence-electron chi connectivity index (χ4n) is 1.64. The number of hydrogen-bond donors (Lipinski definition) is 0. The van der Waals surface area contributed by atoms with Crippen molar-refractivity contribution in [2.75, 3.05) is 20.2 Å². The second-order valence-electron chi connectivity index (χ2n) is 4.40. The van der Waals surface area contributed by atoms with Crippen molar-refractivity contribution in [3.05, 3.63) is 54.0 Å². The summed E-state index contributed by atoms with van der Waals surface area (Å²) in [4.78, 5) is 13.5. The van der Waals surface area contributed by atoms with Gasteiger partial charge in [-0.25, -0.2) is 0 Å². The van der Waals surface area contributed by atoms with E-state index >= 15 is 0 Å². The predicted molar refractivity (Wildman–Crippen MR) is 72.3 cm³/mol. The first-order valence-electron chi connectivity index (χ1n) is 6.14. The predicted octanol–water partition coefficient (Wildman–Crippen LogP) is 2.74. The van der Waals surface area contributed by atoms with E-state index in [-0.39, 0.29) is 5.91 Å². The summed E-state index contributed by atoms with van der Waals surface area (Å²) in [5.74, 6) is 0.746. The van der Waals surface area contributed by atoms with Crippen molar-refractivity contribution in [3.63, 3.8) is 0 Å². The van der Waals surface area contributed by atoms with Crippen molar-refractivity contribution in [2.24, 2.45) is 0 Å². The molecule has 4 heteroatoms. The third-order valence-corrected chi connectivity index (χ3v) is 2.83. The Morgan fingerprint density at radius 2 is 2.00 bits per heavy atom. The van der Waals surface area contributed by atoms with E-state index in [1.165, 1.54) is 18.1 Å². The molecule has 0 unspecified atom stereocenters. The first kappa shape index (κ1) is 13.2. The van der Waals surface area contributed by atoms with Gasteiger partial charge in [0.1, 0.15) is 18.6 Å². The van der Waals surface area contributed by atoms with E-state index in [2.05, 4.69) is 0 Å². The van der Waals surface area contributed by atoms with Crippen LogP contribution in [0.4, 0.5) is 0 Å². The van der Waals surface area contributed by atoms with Gasteiger partial charge in [-0.2, -0.15) is 0 Å². The quantitative estimate of drug-likeness (QED) is 0.829. The number of ether oxygens (including phenoxy) is 1. The third-order valence-electron chi connectivity index (χ3n) is 2.83. The molecule has 2 rings (SSSR count). The number of nitrogens with zero attached hydrogens (tertiary/aromatic N) is 1. The van der Waals surface area contributed by atoms with Crippen molar-refractivity contribution in [1.29, 1.82) is 0 Å². The largest absolute Gasteiger partial charge is 0.492 e. The standard InChI is InChI=1S/C15H17NO3/c1-12-3-5-14(6-4-12)19-10-8-16(2)15(17)13-7-9-18-11-13/h3-7,9,11H,8,10H2,1-2H3. The van der Waals surface area contributed by atoms with Gasteiger partial charge in [-0.15, -0.1) is 0 Å². The smallest absolute Gasteiger partial charge is 0.256 e. The molecule has 1 aromatic carbocycles. The number of amides is 1. The van der Waals surface area contributed by atoms with Crippen LogP contribution in [0.15, 0.2) is 47.3 Å². The summed E-state index contributed by atoms with van der Waals surface area (Å²) in [7, 11) is 1.74. The maximum atomic E-state index is 11.9. The number of furan rings is 1. The first-order chi connectivity index (χ1) is 9.16.